The lowest BCUT2D eigenvalue weighted by Gasteiger charge is -2.43. The second-order valence-electron chi connectivity index (χ2n) is 7.56. The number of fused-ring (bicyclic) bond motifs is 1. The summed E-state index contributed by atoms with van der Waals surface area (Å²) in [6, 6.07) is 14.2. The van der Waals surface area contributed by atoms with E-state index in [9.17, 15) is 0 Å². The monoisotopic (exact) mass is 401 g/mol. The number of anilines is 2. The Bertz CT molecular complexity index is 825. The first-order valence-corrected chi connectivity index (χ1v) is 10.5. The average molecular weight is 402 g/mol. The Kier molecular flexibility index (Phi) is 5.60. The maximum Gasteiger partial charge on any atom is 0.127 e. The summed E-state index contributed by atoms with van der Waals surface area (Å²) in [5, 5.41) is 8.52. The van der Waals surface area contributed by atoms with Crippen molar-refractivity contribution in [2.24, 2.45) is 4.99 Å². The van der Waals surface area contributed by atoms with Crippen molar-refractivity contribution < 1.29 is 0 Å². The molecule has 2 aromatic carbocycles. The van der Waals surface area contributed by atoms with E-state index in [1.54, 1.807) is 0 Å². The first-order valence-electron chi connectivity index (χ1n) is 9.79. The van der Waals surface area contributed by atoms with Crippen LogP contribution in [0, 0.1) is 0 Å². The molecule has 1 saturated carbocycles. The molecular weight excluding hydrogens is 377 g/mol. The molecule has 2 aliphatic rings. The molecule has 1 heterocycles. The SMILES string of the molecule is Clc1cc2c(cc1Cl)NC1(CCCCCCC1)C(=NCc1ccccc1)N2. The largest absolute Gasteiger partial charge is 0.371 e. The number of nitrogens with zero attached hydrogens (tertiary/aromatic N) is 1. The van der Waals surface area contributed by atoms with Gasteiger partial charge in [-0.1, -0.05) is 85.6 Å². The van der Waals surface area contributed by atoms with Gasteiger partial charge in [-0.2, -0.15) is 0 Å². The Morgan fingerprint density at radius 2 is 1.48 bits per heavy atom. The minimum atomic E-state index is -0.153. The maximum atomic E-state index is 6.28. The van der Waals surface area contributed by atoms with Crippen LogP contribution in [0.2, 0.25) is 10.0 Å². The van der Waals surface area contributed by atoms with Gasteiger partial charge in [0.25, 0.3) is 0 Å². The predicted molar refractivity (Wildman–Crippen MR) is 116 cm³/mol. The number of rotatable bonds is 2. The van der Waals surface area contributed by atoms with Crippen molar-refractivity contribution in [2.75, 3.05) is 10.6 Å². The number of aliphatic imine (C=N–C) groups is 1. The molecule has 0 unspecified atom stereocenters. The van der Waals surface area contributed by atoms with Crippen LogP contribution in [0.25, 0.3) is 0 Å². The highest BCUT2D eigenvalue weighted by molar-refractivity contribution is 6.42. The summed E-state index contributed by atoms with van der Waals surface area (Å²) in [4.78, 5) is 5.02. The molecule has 3 nitrogen and oxygen atoms in total. The lowest BCUT2D eigenvalue weighted by molar-refractivity contribution is 0.419. The quantitative estimate of drug-likeness (QED) is 0.572. The van der Waals surface area contributed by atoms with Crippen LogP contribution < -0.4 is 10.6 Å². The molecule has 0 bridgehead atoms. The Morgan fingerprint density at radius 1 is 0.852 bits per heavy atom. The minimum Gasteiger partial charge on any atom is -0.371 e. The third-order valence-corrected chi connectivity index (χ3v) is 6.33. The number of hydrogen-bond donors (Lipinski definition) is 2. The normalized spacial score (nSPS) is 20.3. The third-order valence-electron chi connectivity index (χ3n) is 5.61. The van der Waals surface area contributed by atoms with Crippen molar-refractivity contribution >= 4 is 40.4 Å². The molecule has 0 radical (unpaired) electrons. The van der Waals surface area contributed by atoms with Gasteiger partial charge in [0.15, 0.2) is 0 Å². The average Bonchev–Trinajstić information content (AvgIpc) is 2.65. The van der Waals surface area contributed by atoms with Gasteiger partial charge in [0.05, 0.1) is 33.5 Å². The molecule has 0 amide bonds. The summed E-state index contributed by atoms with van der Waals surface area (Å²) in [5.74, 6) is 1.03. The molecule has 0 atom stereocenters. The van der Waals surface area contributed by atoms with Crippen molar-refractivity contribution in [3.05, 3.63) is 58.1 Å². The van der Waals surface area contributed by atoms with Gasteiger partial charge in [-0.05, 0) is 30.5 Å². The number of benzene rings is 2. The number of hydrogen-bond acceptors (Lipinski definition) is 2. The Balaban J connectivity index is 1.71. The summed E-state index contributed by atoms with van der Waals surface area (Å²) in [6.07, 6.45) is 8.46. The van der Waals surface area contributed by atoms with Crippen LogP contribution in [0.3, 0.4) is 0 Å². The van der Waals surface area contributed by atoms with E-state index in [2.05, 4.69) is 34.9 Å². The van der Waals surface area contributed by atoms with Crippen LogP contribution in [0.15, 0.2) is 47.5 Å². The van der Waals surface area contributed by atoms with Gasteiger partial charge in [-0.3, -0.25) is 4.99 Å². The molecule has 2 aromatic rings. The van der Waals surface area contributed by atoms with Crippen molar-refractivity contribution in [1.82, 2.24) is 0 Å². The minimum absolute atomic E-state index is 0.153. The lowest BCUT2D eigenvalue weighted by atomic mass is 9.81. The van der Waals surface area contributed by atoms with Gasteiger partial charge in [-0.25, -0.2) is 0 Å². The molecule has 1 fully saturated rings. The first kappa shape index (κ1) is 18.6. The highest BCUT2D eigenvalue weighted by Gasteiger charge is 2.39. The molecule has 2 N–H and O–H groups in total. The Morgan fingerprint density at radius 3 is 2.19 bits per heavy atom. The molecule has 0 saturated heterocycles. The molecule has 1 spiro atoms. The van der Waals surface area contributed by atoms with Gasteiger partial charge < -0.3 is 10.6 Å². The fraction of sp³-hybridized carbons (Fsp3) is 0.409. The second-order valence-corrected chi connectivity index (χ2v) is 8.38. The molecule has 1 aliphatic heterocycles. The topological polar surface area (TPSA) is 36.4 Å². The molecule has 4 rings (SSSR count). The van der Waals surface area contributed by atoms with Crippen LogP contribution in [0.4, 0.5) is 11.4 Å². The maximum absolute atomic E-state index is 6.28. The van der Waals surface area contributed by atoms with Gasteiger partial charge >= 0.3 is 0 Å². The van der Waals surface area contributed by atoms with Crippen molar-refractivity contribution in [3.63, 3.8) is 0 Å². The third kappa shape index (κ3) is 4.09. The molecule has 0 aromatic heterocycles. The second kappa shape index (κ2) is 8.12. The molecule has 1 aliphatic carbocycles. The highest BCUT2D eigenvalue weighted by atomic mass is 35.5. The van der Waals surface area contributed by atoms with Gasteiger partial charge in [0, 0.05) is 0 Å². The van der Waals surface area contributed by atoms with Crippen LogP contribution >= 0.6 is 23.2 Å². The van der Waals surface area contributed by atoms with E-state index < -0.39 is 0 Å². The molecular formula is C22H25Cl2N3. The Hall–Kier alpha value is -1.71. The smallest absolute Gasteiger partial charge is 0.127 e. The van der Waals surface area contributed by atoms with Crippen molar-refractivity contribution in [1.29, 1.82) is 0 Å². The van der Waals surface area contributed by atoms with Crippen LogP contribution in [0.1, 0.15) is 50.5 Å². The van der Waals surface area contributed by atoms with Crippen LogP contribution in [0.5, 0.6) is 0 Å². The van der Waals surface area contributed by atoms with E-state index in [4.69, 9.17) is 28.2 Å². The van der Waals surface area contributed by atoms with E-state index in [0.717, 1.165) is 30.1 Å². The fourth-order valence-electron chi connectivity index (χ4n) is 4.13. The zero-order chi connectivity index (χ0) is 18.7. The fourth-order valence-corrected chi connectivity index (χ4v) is 4.46. The zero-order valence-corrected chi connectivity index (χ0v) is 16.9. The van der Waals surface area contributed by atoms with Crippen molar-refractivity contribution in [2.45, 2.75) is 57.0 Å². The number of halogens is 2. The highest BCUT2D eigenvalue weighted by Crippen LogP contribution is 2.41. The molecule has 27 heavy (non-hydrogen) atoms. The van der Waals surface area contributed by atoms with Gasteiger partial charge in [-0.15, -0.1) is 0 Å². The van der Waals surface area contributed by atoms with E-state index in [1.165, 1.54) is 37.7 Å². The summed E-state index contributed by atoms with van der Waals surface area (Å²) in [5.41, 5.74) is 3.03. The van der Waals surface area contributed by atoms with E-state index >= 15 is 0 Å². The lowest BCUT2D eigenvalue weighted by Crippen LogP contribution is -2.53. The van der Waals surface area contributed by atoms with E-state index in [0.29, 0.717) is 16.6 Å². The molecule has 142 valence electrons. The first-order chi connectivity index (χ1) is 13.2. The predicted octanol–water partition coefficient (Wildman–Crippen LogP) is 6.91. The zero-order valence-electron chi connectivity index (χ0n) is 15.4. The van der Waals surface area contributed by atoms with Crippen molar-refractivity contribution in [3.8, 4) is 0 Å². The number of nitrogens with one attached hydrogen (secondary N) is 2. The number of amidine groups is 1. The van der Waals surface area contributed by atoms with E-state index in [-0.39, 0.29) is 5.54 Å². The standard InChI is InChI=1S/C22H25Cl2N3/c23-17-13-19-20(14-18(17)24)27-22(11-7-2-1-3-8-12-22)21(26-19)25-15-16-9-5-4-6-10-16/h4-6,9-10,13-14,27H,1-3,7-8,11-12,15H2,(H,25,26). The Labute approximate surface area is 171 Å². The van der Waals surface area contributed by atoms with Crippen LogP contribution in [-0.4, -0.2) is 11.4 Å². The summed E-state index contributed by atoms with van der Waals surface area (Å²) < 4.78 is 0. The van der Waals surface area contributed by atoms with Gasteiger partial charge in [0.1, 0.15) is 5.84 Å². The van der Waals surface area contributed by atoms with E-state index in [1.807, 2.05) is 18.2 Å². The summed E-state index contributed by atoms with van der Waals surface area (Å²) >= 11 is 12.5. The summed E-state index contributed by atoms with van der Waals surface area (Å²) in [6.45, 7) is 0.670. The van der Waals surface area contributed by atoms with Crippen LogP contribution in [-0.2, 0) is 6.54 Å². The molecule has 5 heteroatoms. The summed E-state index contributed by atoms with van der Waals surface area (Å²) in [7, 11) is 0. The van der Waals surface area contributed by atoms with Gasteiger partial charge in [0.2, 0.25) is 0 Å².